The maximum atomic E-state index is 5.24. The van der Waals surface area contributed by atoms with Crippen LogP contribution in [-0.4, -0.2) is 36.5 Å². The van der Waals surface area contributed by atoms with E-state index in [9.17, 15) is 0 Å². The van der Waals surface area contributed by atoms with Crippen LogP contribution in [0.1, 0.15) is 5.56 Å². The summed E-state index contributed by atoms with van der Waals surface area (Å²) in [4.78, 5) is 0. The molecule has 0 aliphatic carbocycles. The molecule has 0 saturated carbocycles. The molecule has 0 bridgehead atoms. The smallest absolute Gasteiger partial charge is 0.118 e. The fourth-order valence-corrected chi connectivity index (χ4v) is 2.92. The molecule has 0 aliphatic rings. The third-order valence-corrected chi connectivity index (χ3v) is 4.27. The van der Waals surface area contributed by atoms with Crippen LogP contribution in [0.15, 0.2) is 55.1 Å². The SMILES string of the molecule is COc1ccc(Cn2nc(-c3cnn(C)c3)cc2-c2cnn(C)c2)cc1. The molecule has 0 fully saturated rings. The van der Waals surface area contributed by atoms with Gasteiger partial charge in [-0.2, -0.15) is 15.3 Å². The van der Waals surface area contributed by atoms with Gasteiger partial charge in [-0.1, -0.05) is 12.1 Å². The zero-order valence-electron chi connectivity index (χ0n) is 15.0. The van der Waals surface area contributed by atoms with Crippen molar-refractivity contribution >= 4 is 0 Å². The molecule has 7 nitrogen and oxygen atoms in total. The minimum Gasteiger partial charge on any atom is -0.497 e. The number of hydrogen-bond acceptors (Lipinski definition) is 4. The second kappa shape index (κ2) is 6.51. The van der Waals surface area contributed by atoms with Crippen LogP contribution in [0.2, 0.25) is 0 Å². The van der Waals surface area contributed by atoms with Crippen LogP contribution in [-0.2, 0) is 20.6 Å². The third-order valence-electron chi connectivity index (χ3n) is 4.27. The second-order valence-corrected chi connectivity index (χ2v) is 6.23. The molecule has 0 spiro atoms. The molecular formula is C19H20N6O. The molecule has 1 aromatic carbocycles. The summed E-state index contributed by atoms with van der Waals surface area (Å²) < 4.78 is 10.8. The van der Waals surface area contributed by atoms with Gasteiger partial charge in [0.1, 0.15) is 5.75 Å². The van der Waals surface area contributed by atoms with Gasteiger partial charge in [0.2, 0.25) is 0 Å². The fraction of sp³-hybridized carbons (Fsp3) is 0.211. The Morgan fingerprint density at radius 2 is 1.58 bits per heavy atom. The zero-order valence-corrected chi connectivity index (χ0v) is 15.0. The number of benzene rings is 1. The molecule has 0 amide bonds. The fourth-order valence-electron chi connectivity index (χ4n) is 2.92. The van der Waals surface area contributed by atoms with Gasteiger partial charge >= 0.3 is 0 Å². The number of nitrogens with zero attached hydrogens (tertiary/aromatic N) is 6. The summed E-state index contributed by atoms with van der Waals surface area (Å²) in [5, 5.41) is 13.4. The first-order chi connectivity index (χ1) is 12.6. The highest BCUT2D eigenvalue weighted by atomic mass is 16.5. The van der Waals surface area contributed by atoms with Crippen LogP contribution in [0.5, 0.6) is 5.75 Å². The normalized spacial score (nSPS) is 11.0. The van der Waals surface area contributed by atoms with E-state index in [1.807, 2.05) is 55.7 Å². The van der Waals surface area contributed by atoms with Crippen molar-refractivity contribution in [1.29, 1.82) is 0 Å². The molecule has 7 heteroatoms. The van der Waals surface area contributed by atoms with E-state index in [2.05, 4.69) is 28.4 Å². The van der Waals surface area contributed by atoms with Gasteiger partial charge in [0.05, 0.1) is 37.4 Å². The Bertz CT molecular complexity index is 1020. The first-order valence-electron chi connectivity index (χ1n) is 8.31. The van der Waals surface area contributed by atoms with E-state index in [1.54, 1.807) is 16.5 Å². The van der Waals surface area contributed by atoms with Crippen LogP contribution in [0.4, 0.5) is 0 Å². The summed E-state index contributed by atoms with van der Waals surface area (Å²) >= 11 is 0. The molecule has 4 aromatic rings. The molecule has 0 saturated heterocycles. The standard InChI is InChI=1S/C19H20N6O/c1-23-12-15(9-20-23)18-8-19(16-10-21-24(2)13-16)25(22-18)11-14-4-6-17(26-3)7-5-14/h4-10,12-13H,11H2,1-3H3. The highest BCUT2D eigenvalue weighted by Crippen LogP contribution is 2.26. The highest BCUT2D eigenvalue weighted by Gasteiger charge is 2.14. The Morgan fingerprint density at radius 1 is 0.923 bits per heavy atom. The minimum absolute atomic E-state index is 0.661. The van der Waals surface area contributed by atoms with E-state index < -0.39 is 0 Å². The van der Waals surface area contributed by atoms with E-state index >= 15 is 0 Å². The second-order valence-electron chi connectivity index (χ2n) is 6.23. The first kappa shape index (κ1) is 16.1. The van der Waals surface area contributed by atoms with Crippen LogP contribution >= 0.6 is 0 Å². The van der Waals surface area contributed by atoms with E-state index in [4.69, 9.17) is 9.84 Å². The lowest BCUT2D eigenvalue weighted by Crippen LogP contribution is -2.03. The Morgan fingerprint density at radius 3 is 2.15 bits per heavy atom. The predicted octanol–water partition coefficient (Wildman–Crippen LogP) is 2.74. The molecule has 0 atom stereocenters. The lowest BCUT2D eigenvalue weighted by Gasteiger charge is -2.07. The topological polar surface area (TPSA) is 62.7 Å². The van der Waals surface area contributed by atoms with Crippen molar-refractivity contribution in [3.8, 4) is 28.3 Å². The molecule has 132 valence electrons. The molecule has 4 rings (SSSR count). The van der Waals surface area contributed by atoms with Crippen molar-refractivity contribution in [2.24, 2.45) is 14.1 Å². The molecule has 0 aliphatic heterocycles. The first-order valence-corrected chi connectivity index (χ1v) is 8.31. The monoisotopic (exact) mass is 348 g/mol. The van der Waals surface area contributed by atoms with Crippen LogP contribution in [0.3, 0.4) is 0 Å². The number of hydrogen-bond donors (Lipinski definition) is 0. The predicted molar refractivity (Wildman–Crippen MR) is 98.7 cm³/mol. The van der Waals surface area contributed by atoms with Crippen LogP contribution in [0.25, 0.3) is 22.5 Å². The quantitative estimate of drug-likeness (QED) is 0.556. The summed E-state index contributed by atoms with van der Waals surface area (Å²) in [6.07, 6.45) is 7.64. The van der Waals surface area contributed by atoms with Gasteiger partial charge in [0.15, 0.2) is 0 Å². The third kappa shape index (κ3) is 3.11. The van der Waals surface area contributed by atoms with E-state index in [-0.39, 0.29) is 0 Å². The molecule has 3 aromatic heterocycles. The van der Waals surface area contributed by atoms with E-state index in [1.165, 1.54) is 0 Å². The van der Waals surface area contributed by atoms with Crippen molar-refractivity contribution in [2.75, 3.05) is 7.11 Å². The molecule has 26 heavy (non-hydrogen) atoms. The van der Waals surface area contributed by atoms with Gasteiger partial charge in [-0.25, -0.2) is 0 Å². The Labute approximate surface area is 151 Å². The number of rotatable bonds is 5. The van der Waals surface area contributed by atoms with Gasteiger partial charge in [0.25, 0.3) is 0 Å². The average molecular weight is 348 g/mol. The van der Waals surface area contributed by atoms with Crippen molar-refractivity contribution in [3.63, 3.8) is 0 Å². The lowest BCUT2D eigenvalue weighted by atomic mass is 10.2. The number of aromatic nitrogens is 6. The van der Waals surface area contributed by atoms with E-state index in [0.717, 1.165) is 33.8 Å². The van der Waals surface area contributed by atoms with Crippen molar-refractivity contribution in [1.82, 2.24) is 29.3 Å². The summed E-state index contributed by atoms with van der Waals surface area (Å²) in [6, 6.07) is 10.1. The van der Waals surface area contributed by atoms with Gasteiger partial charge < -0.3 is 4.74 Å². The van der Waals surface area contributed by atoms with Crippen molar-refractivity contribution in [3.05, 3.63) is 60.7 Å². The molecular weight excluding hydrogens is 328 g/mol. The lowest BCUT2D eigenvalue weighted by molar-refractivity contribution is 0.414. The average Bonchev–Trinajstić information content (AvgIpc) is 3.35. The molecule has 3 heterocycles. The summed E-state index contributed by atoms with van der Waals surface area (Å²) in [5.74, 6) is 0.845. The van der Waals surface area contributed by atoms with Crippen LogP contribution < -0.4 is 4.74 Å². The summed E-state index contributed by atoms with van der Waals surface area (Å²) in [6.45, 7) is 0.661. The molecule has 0 N–H and O–H groups in total. The Hall–Kier alpha value is -3.35. The van der Waals surface area contributed by atoms with Crippen molar-refractivity contribution in [2.45, 2.75) is 6.54 Å². The Kier molecular flexibility index (Phi) is 4.04. The number of ether oxygens (including phenoxy) is 1. The minimum atomic E-state index is 0.661. The van der Waals surface area contributed by atoms with Gasteiger partial charge in [0, 0.05) is 37.6 Å². The molecule has 0 radical (unpaired) electrons. The van der Waals surface area contributed by atoms with Crippen molar-refractivity contribution < 1.29 is 4.74 Å². The molecule has 0 unspecified atom stereocenters. The Balaban J connectivity index is 1.74. The highest BCUT2D eigenvalue weighted by molar-refractivity contribution is 5.67. The van der Waals surface area contributed by atoms with Gasteiger partial charge in [-0.3, -0.25) is 14.0 Å². The number of methoxy groups -OCH3 is 1. The van der Waals surface area contributed by atoms with Crippen LogP contribution in [0, 0.1) is 0 Å². The van der Waals surface area contributed by atoms with Gasteiger partial charge in [-0.15, -0.1) is 0 Å². The zero-order chi connectivity index (χ0) is 18.1. The summed E-state index contributed by atoms with van der Waals surface area (Å²) in [7, 11) is 5.48. The maximum Gasteiger partial charge on any atom is 0.118 e. The van der Waals surface area contributed by atoms with Gasteiger partial charge in [-0.05, 0) is 23.8 Å². The number of aryl methyl sites for hydroxylation is 2. The summed E-state index contributed by atoms with van der Waals surface area (Å²) in [5.41, 5.74) is 5.09. The largest absolute Gasteiger partial charge is 0.497 e. The van der Waals surface area contributed by atoms with E-state index in [0.29, 0.717) is 6.54 Å². The maximum absolute atomic E-state index is 5.24.